The summed E-state index contributed by atoms with van der Waals surface area (Å²) < 4.78 is 5.18. The third-order valence-corrected chi connectivity index (χ3v) is 5.22. The molecular formula is C23H29N3O3. The second-order valence-corrected chi connectivity index (χ2v) is 7.54. The fraction of sp³-hybridized carbons (Fsp3) is 0.391. The molecule has 1 amide bonds. The molecular weight excluding hydrogens is 366 g/mol. The highest BCUT2D eigenvalue weighted by Crippen LogP contribution is 2.27. The van der Waals surface area contributed by atoms with Gasteiger partial charge in [0.05, 0.1) is 11.6 Å². The number of nitrogens with zero attached hydrogens (tertiary/aromatic N) is 2. The van der Waals surface area contributed by atoms with Crippen molar-refractivity contribution in [2.45, 2.75) is 25.8 Å². The van der Waals surface area contributed by atoms with Gasteiger partial charge in [-0.1, -0.05) is 24.3 Å². The molecule has 1 heterocycles. The van der Waals surface area contributed by atoms with Gasteiger partial charge in [-0.15, -0.1) is 0 Å². The smallest absolute Gasteiger partial charge is 0.308 e. The summed E-state index contributed by atoms with van der Waals surface area (Å²) in [5, 5.41) is 3.04. The second kappa shape index (κ2) is 9.56. The zero-order chi connectivity index (χ0) is 20.8. The maximum absolute atomic E-state index is 12.8. The van der Waals surface area contributed by atoms with Gasteiger partial charge in [-0.2, -0.15) is 0 Å². The average Bonchev–Trinajstić information content (AvgIpc) is 3.23. The highest BCUT2D eigenvalue weighted by atomic mass is 16.5. The van der Waals surface area contributed by atoms with Gasteiger partial charge < -0.3 is 15.0 Å². The molecule has 1 unspecified atom stereocenters. The molecule has 1 saturated heterocycles. The Morgan fingerprint density at radius 2 is 1.72 bits per heavy atom. The maximum atomic E-state index is 12.8. The number of hydrogen-bond donors (Lipinski definition) is 1. The van der Waals surface area contributed by atoms with E-state index in [1.807, 2.05) is 14.1 Å². The number of carbonyl (C=O) groups is 2. The molecule has 2 aromatic carbocycles. The van der Waals surface area contributed by atoms with Gasteiger partial charge in [0.25, 0.3) is 5.91 Å². The molecule has 0 saturated carbocycles. The van der Waals surface area contributed by atoms with E-state index in [4.69, 9.17) is 4.74 Å². The first-order valence-corrected chi connectivity index (χ1v) is 10.0. The zero-order valence-electron chi connectivity index (χ0n) is 17.4. The average molecular weight is 396 g/mol. The van der Waals surface area contributed by atoms with E-state index in [9.17, 15) is 9.59 Å². The lowest BCUT2D eigenvalue weighted by atomic mass is 10.0. The molecule has 1 fully saturated rings. The zero-order valence-corrected chi connectivity index (χ0v) is 17.4. The fourth-order valence-electron chi connectivity index (χ4n) is 3.69. The number of amides is 1. The van der Waals surface area contributed by atoms with Crippen molar-refractivity contribution in [2.75, 3.05) is 38.6 Å². The van der Waals surface area contributed by atoms with Crippen LogP contribution in [0, 0.1) is 0 Å². The van der Waals surface area contributed by atoms with Crippen molar-refractivity contribution in [1.82, 2.24) is 10.2 Å². The molecule has 0 aliphatic carbocycles. The Morgan fingerprint density at radius 3 is 2.34 bits per heavy atom. The first-order valence-electron chi connectivity index (χ1n) is 10.0. The van der Waals surface area contributed by atoms with Crippen LogP contribution in [0.15, 0.2) is 48.5 Å². The van der Waals surface area contributed by atoms with Crippen LogP contribution in [0.25, 0.3) is 0 Å². The monoisotopic (exact) mass is 395 g/mol. The van der Waals surface area contributed by atoms with Crippen molar-refractivity contribution in [3.63, 3.8) is 0 Å². The lowest BCUT2D eigenvalue weighted by molar-refractivity contribution is -0.131. The Morgan fingerprint density at radius 1 is 1.07 bits per heavy atom. The van der Waals surface area contributed by atoms with Gasteiger partial charge in [0.15, 0.2) is 0 Å². The SMILES string of the molecule is CC(=O)Oc1ccccc1C(=O)NCC(c1ccc(N(C)C)cc1)N1CCCC1. The van der Waals surface area contributed by atoms with Gasteiger partial charge in [0.2, 0.25) is 0 Å². The standard InChI is InChI=1S/C23H29N3O3/c1-17(27)29-22-9-5-4-8-20(22)23(28)24-16-21(26-14-6-7-15-26)18-10-12-19(13-11-18)25(2)3/h4-5,8-13,21H,6-7,14-16H2,1-3H3,(H,24,28). The minimum atomic E-state index is -0.443. The van der Waals surface area contributed by atoms with Crippen molar-refractivity contribution in [2.24, 2.45) is 0 Å². The molecule has 3 rings (SSSR count). The Balaban J connectivity index is 1.75. The second-order valence-electron chi connectivity index (χ2n) is 7.54. The Bertz CT molecular complexity index is 843. The third-order valence-electron chi connectivity index (χ3n) is 5.22. The van der Waals surface area contributed by atoms with E-state index < -0.39 is 5.97 Å². The van der Waals surface area contributed by atoms with E-state index in [0.29, 0.717) is 12.1 Å². The van der Waals surface area contributed by atoms with Crippen molar-refractivity contribution < 1.29 is 14.3 Å². The highest BCUT2D eigenvalue weighted by molar-refractivity contribution is 5.97. The molecule has 0 bridgehead atoms. The summed E-state index contributed by atoms with van der Waals surface area (Å²) in [5.41, 5.74) is 2.70. The molecule has 154 valence electrons. The summed E-state index contributed by atoms with van der Waals surface area (Å²) in [6.45, 7) is 3.88. The maximum Gasteiger partial charge on any atom is 0.308 e. The molecule has 0 spiro atoms. The number of benzene rings is 2. The molecule has 6 heteroatoms. The lowest BCUT2D eigenvalue weighted by Gasteiger charge is -2.28. The van der Waals surface area contributed by atoms with E-state index in [2.05, 4.69) is 39.4 Å². The van der Waals surface area contributed by atoms with Crippen molar-refractivity contribution in [1.29, 1.82) is 0 Å². The quantitative estimate of drug-likeness (QED) is 0.576. The fourth-order valence-corrected chi connectivity index (χ4v) is 3.69. The van der Waals surface area contributed by atoms with Crippen LogP contribution in [-0.4, -0.2) is 50.5 Å². The van der Waals surface area contributed by atoms with Crippen LogP contribution in [0.4, 0.5) is 5.69 Å². The van der Waals surface area contributed by atoms with E-state index in [1.54, 1.807) is 24.3 Å². The predicted octanol–water partition coefficient (Wildman–Crippen LogP) is 3.24. The molecule has 1 N–H and O–H groups in total. The number of ether oxygens (including phenoxy) is 1. The Hall–Kier alpha value is -2.86. The van der Waals surface area contributed by atoms with Crippen LogP contribution in [-0.2, 0) is 4.79 Å². The molecule has 1 aliphatic heterocycles. The van der Waals surface area contributed by atoms with E-state index >= 15 is 0 Å². The number of esters is 1. The molecule has 6 nitrogen and oxygen atoms in total. The number of rotatable bonds is 7. The number of para-hydroxylation sites is 1. The van der Waals surface area contributed by atoms with E-state index in [1.165, 1.54) is 25.3 Å². The van der Waals surface area contributed by atoms with Gasteiger partial charge >= 0.3 is 5.97 Å². The normalized spacial score (nSPS) is 15.0. The predicted molar refractivity (Wildman–Crippen MR) is 114 cm³/mol. The van der Waals surface area contributed by atoms with Gasteiger partial charge in [-0.3, -0.25) is 14.5 Å². The Labute approximate surface area is 172 Å². The first kappa shape index (κ1) is 20.9. The summed E-state index contributed by atoms with van der Waals surface area (Å²) in [6.07, 6.45) is 2.35. The van der Waals surface area contributed by atoms with Gasteiger partial charge in [-0.25, -0.2) is 0 Å². The van der Waals surface area contributed by atoms with Crippen LogP contribution in [0.3, 0.4) is 0 Å². The van der Waals surface area contributed by atoms with Crippen molar-refractivity contribution in [3.8, 4) is 5.75 Å². The number of nitrogens with one attached hydrogen (secondary N) is 1. The van der Waals surface area contributed by atoms with Crippen LogP contribution in [0.5, 0.6) is 5.75 Å². The summed E-state index contributed by atoms with van der Waals surface area (Å²) >= 11 is 0. The van der Waals surface area contributed by atoms with Gasteiger partial charge in [0, 0.05) is 33.3 Å². The summed E-state index contributed by atoms with van der Waals surface area (Å²) in [4.78, 5) is 28.6. The lowest BCUT2D eigenvalue weighted by Crippen LogP contribution is -2.37. The van der Waals surface area contributed by atoms with Gasteiger partial charge in [0.1, 0.15) is 5.75 Å². The molecule has 2 aromatic rings. The number of carbonyl (C=O) groups excluding carboxylic acids is 2. The van der Waals surface area contributed by atoms with Crippen LogP contribution < -0.4 is 15.0 Å². The van der Waals surface area contributed by atoms with Crippen LogP contribution in [0.2, 0.25) is 0 Å². The largest absolute Gasteiger partial charge is 0.426 e. The first-order chi connectivity index (χ1) is 14.0. The summed E-state index contributed by atoms with van der Waals surface area (Å²) in [7, 11) is 4.04. The number of hydrogen-bond acceptors (Lipinski definition) is 5. The van der Waals surface area contributed by atoms with E-state index in [0.717, 1.165) is 18.8 Å². The van der Waals surface area contributed by atoms with E-state index in [-0.39, 0.29) is 17.7 Å². The number of anilines is 1. The molecule has 29 heavy (non-hydrogen) atoms. The molecule has 1 aliphatic rings. The summed E-state index contributed by atoms with van der Waals surface area (Å²) in [5.74, 6) is -0.400. The van der Waals surface area contributed by atoms with Crippen molar-refractivity contribution in [3.05, 3.63) is 59.7 Å². The highest BCUT2D eigenvalue weighted by Gasteiger charge is 2.25. The number of likely N-dealkylation sites (tertiary alicyclic amines) is 1. The summed E-state index contributed by atoms with van der Waals surface area (Å²) in [6, 6.07) is 15.4. The third kappa shape index (κ3) is 5.35. The molecule has 1 atom stereocenters. The minimum Gasteiger partial charge on any atom is -0.426 e. The van der Waals surface area contributed by atoms with Crippen LogP contribution >= 0.6 is 0 Å². The van der Waals surface area contributed by atoms with Crippen LogP contribution in [0.1, 0.15) is 41.7 Å². The molecule has 0 aromatic heterocycles. The minimum absolute atomic E-state index is 0.110. The van der Waals surface area contributed by atoms with Gasteiger partial charge in [-0.05, 0) is 55.8 Å². The van der Waals surface area contributed by atoms with Crippen molar-refractivity contribution >= 4 is 17.6 Å². The topological polar surface area (TPSA) is 61.9 Å². The molecule has 0 radical (unpaired) electrons. The Kier molecular flexibility index (Phi) is 6.88.